The van der Waals surface area contributed by atoms with Crippen LogP contribution in [0.15, 0.2) is 12.1 Å². The Morgan fingerprint density at radius 1 is 0.500 bits per heavy atom. The predicted molar refractivity (Wildman–Crippen MR) is 117 cm³/mol. The lowest BCUT2D eigenvalue weighted by Crippen LogP contribution is -2.22. The van der Waals surface area contributed by atoms with Crippen molar-refractivity contribution >= 4 is 0 Å². The molecule has 0 N–H and O–H groups in total. The summed E-state index contributed by atoms with van der Waals surface area (Å²) in [6.45, 7) is 26.5. The standard InChI is InChI=1S/C26H38/c1-23(2,3)15-13-19-17-21(25(7,8)9)22(26(10,11)12)18-20(19)14-16-24(4,5)6/h17-18H,1-12H3. The minimum atomic E-state index is -0.0285. The maximum absolute atomic E-state index is 3.43. The highest BCUT2D eigenvalue weighted by Crippen LogP contribution is 2.35. The fraction of sp³-hybridized carbons (Fsp3) is 0.615. The van der Waals surface area contributed by atoms with Crippen molar-refractivity contribution in [3.05, 3.63) is 34.4 Å². The lowest BCUT2D eigenvalue weighted by molar-refractivity contribution is 0.530. The van der Waals surface area contributed by atoms with E-state index in [1.165, 1.54) is 11.1 Å². The van der Waals surface area contributed by atoms with Crippen molar-refractivity contribution < 1.29 is 0 Å². The Morgan fingerprint density at radius 3 is 0.962 bits per heavy atom. The van der Waals surface area contributed by atoms with Crippen LogP contribution in [0.3, 0.4) is 0 Å². The first-order valence-electron chi connectivity index (χ1n) is 9.65. The molecule has 0 spiro atoms. The topological polar surface area (TPSA) is 0 Å². The zero-order valence-corrected chi connectivity index (χ0v) is 19.2. The summed E-state index contributed by atoms with van der Waals surface area (Å²) >= 11 is 0. The largest absolute Gasteiger partial charge is 0.0919 e. The van der Waals surface area contributed by atoms with Crippen LogP contribution in [-0.4, -0.2) is 0 Å². The molecular formula is C26H38. The zero-order valence-electron chi connectivity index (χ0n) is 19.2. The molecule has 0 heteroatoms. The summed E-state index contributed by atoms with van der Waals surface area (Å²) < 4.78 is 0. The van der Waals surface area contributed by atoms with E-state index in [9.17, 15) is 0 Å². The predicted octanol–water partition coefficient (Wildman–Crippen LogP) is 7.08. The van der Waals surface area contributed by atoms with Crippen molar-refractivity contribution in [2.24, 2.45) is 10.8 Å². The van der Waals surface area contributed by atoms with Crippen molar-refractivity contribution in [3.63, 3.8) is 0 Å². The van der Waals surface area contributed by atoms with Gasteiger partial charge in [0.15, 0.2) is 0 Å². The summed E-state index contributed by atoms with van der Waals surface area (Å²) in [5, 5.41) is 0. The molecule has 0 aromatic heterocycles. The van der Waals surface area contributed by atoms with Gasteiger partial charge in [-0.15, -0.1) is 0 Å². The van der Waals surface area contributed by atoms with Gasteiger partial charge in [-0.1, -0.05) is 65.2 Å². The molecule has 0 unspecified atom stereocenters. The molecule has 0 fully saturated rings. The van der Waals surface area contributed by atoms with Gasteiger partial charge < -0.3 is 0 Å². The first kappa shape index (κ1) is 22.4. The average Bonchev–Trinajstić information content (AvgIpc) is 2.38. The maximum Gasteiger partial charge on any atom is 0.0405 e. The van der Waals surface area contributed by atoms with Gasteiger partial charge in [-0.3, -0.25) is 0 Å². The molecular weight excluding hydrogens is 312 g/mol. The van der Waals surface area contributed by atoms with Crippen molar-refractivity contribution in [2.75, 3.05) is 0 Å². The first-order valence-corrected chi connectivity index (χ1v) is 9.65. The Morgan fingerprint density at radius 2 is 0.769 bits per heavy atom. The highest BCUT2D eigenvalue weighted by molar-refractivity contribution is 5.57. The number of hydrogen-bond acceptors (Lipinski definition) is 0. The highest BCUT2D eigenvalue weighted by Gasteiger charge is 2.26. The molecule has 0 aliphatic carbocycles. The third-order valence-electron chi connectivity index (χ3n) is 3.92. The van der Waals surface area contributed by atoms with Crippen LogP contribution in [0.25, 0.3) is 0 Å². The summed E-state index contributed by atoms with van der Waals surface area (Å²) in [5.74, 6) is 13.6. The van der Waals surface area contributed by atoms with Crippen molar-refractivity contribution in [1.82, 2.24) is 0 Å². The quantitative estimate of drug-likeness (QED) is 0.439. The lowest BCUT2D eigenvalue weighted by Gasteiger charge is -2.31. The number of hydrogen-bond donors (Lipinski definition) is 0. The van der Waals surface area contributed by atoms with E-state index in [0.717, 1.165) is 11.1 Å². The van der Waals surface area contributed by atoms with Gasteiger partial charge in [0.1, 0.15) is 0 Å². The van der Waals surface area contributed by atoms with E-state index < -0.39 is 0 Å². The molecule has 0 aliphatic heterocycles. The van der Waals surface area contributed by atoms with E-state index in [4.69, 9.17) is 0 Å². The molecule has 1 aromatic rings. The Kier molecular flexibility index (Phi) is 6.16. The Balaban J connectivity index is 3.84. The molecule has 142 valence electrons. The SMILES string of the molecule is CC(C)(C)C#Cc1cc(C(C)(C)C)c(C(C)(C)C)cc1C#CC(C)(C)C. The van der Waals surface area contributed by atoms with Crippen LogP contribution < -0.4 is 0 Å². The van der Waals surface area contributed by atoms with E-state index in [2.05, 4.69) is 119 Å². The summed E-state index contributed by atoms with van der Waals surface area (Å²) in [4.78, 5) is 0. The van der Waals surface area contributed by atoms with Gasteiger partial charge in [-0.25, -0.2) is 0 Å². The van der Waals surface area contributed by atoms with Crippen LogP contribution in [-0.2, 0) is 10.8 Å². The van der Waals surface area contributed by atoms with Crippen molar-refractivity contribution in [1.29, 1.82) is 0 Å². The van der Waals surface area contributed by atoms with E-state index in [-0.39, 0.29) is 21.7 Å². The van der Waals surface area contributed by atoms with Gasteiger partial charge in [-0.2, -0.15) is 0 Å². The smallest absolute Gasteiger partial charge is 0.0405 e. The van der Waals surface area contributed by atoms with E-state index in [0.29, 0.717) is 0 Å². The molecule has 1 rings (SSSR count). The van der Waals surface area contributed by atoms with Gasteiger partial charge in [-0.05, 0) is 75.6 Å². The second-order valence-corrected chi connectivity index (χ2v) is 11.4. The lowest BCUT2D eigenvalue weighted by atomic mass is 9.73. The van der Waals surface area contributed by atoms with Crippen LogP contribution in [0.5, 0.6) is 0 Å². The molecule has 0 radical (unpaired) electrons. The molecule has 1 aromatic carbocycles. The third kappa shape index (κ3) is 6.92. The Bertz CT molecular complexity index is 699. The number of rotatable bonds is 0. The van der Waals surface area contributed by atoms with Gasteiger partial charge in [0.2, 0.25) is 0 Å². The normalized spacial score (nSPS) is 12.8. The first-order chi connectivity index (χ1) is 11.4. The molecule has 0 nitrogen and oxygen atoms in total. The Hall–Kier alpha value is -1.66. The fourth-order valence-corrected chi connectivity index (χ4v) is 2.56. The van der Waals surface area contributed by atoms with E-state index in [1.54, 1.807) is 0 Å². The highest BCUT2D eigenvalue weighted by atomic mass is 14.3. The van der Waals surface area contributed by atoms with Gasteiger partial charge >= 0.3 is 0 Å². The van der Waals surface area contributed by atoms with Crippen molar-refractivity contribution in [3.8, 4) is 23.7 Å². The summed E-state index contributed by atoms with van der Waals surface area (Å²) in [7, 11) is 0. The average molecular weight is 351 g/mol. The molecule has 0 aliphatic rings. The van der Waals surface area contributed by atoms with Crippen LogP contribution in [0.4, 0.5) is 0 Å². The molecule has 0 saturated carbocycles. The molecule has 0 atom stereocenters. The van der Waals surface area contributed by atoms with Crippen molar-refractivity contribution in [2.45, 2.75) is 93.9 Å². The zero-order chi connectivity index (χ0) is 20.6. The van der Waals surface area contributed by atoms with E-state index >= 15 is 0 Å². The summed E-state index contributed by atoms with van der Waals surface area (Å²) in [6.07, 6.45) is 0. The molecule has 0 bridgehead atoms. The maximum atomic E-state index is 3.43. The Labute approximate surface area is 163 Å². The second-order valence-electron chi connectivity index (χ2n) is 11.4. The fourth-order valence-electron chi connectivity index (χ4n) is 2.56. The van der Waals surface area contributed by atoms with Gasteiger partial charge in [0.05, 0.1) is 0 Å². The van der Waals surface area contributed by atoms with Crippen LogP contribution in [0.2, 0.25) is 0 Å². The van der Waals surface area contributed by atoms with Gasteiger partial charge in [0, 0.05) is 22.0 Å². The summed E-state index contributed by atoms with van der Waals surface area (Å²) in [6, 6.07) is 4.57. The summed E-state index contributed by atoms with van der Waals surface area (Å²) in [5.41, 5.74) is 4.91. The van der Waals surface area contributed by atoms with Crippen LogP contribution in [0, 0.1) is 34.5 Å². The molecule has 0 heterocycles. The van der Waals surface area contributed by atoms with Crippen LogP contribution >= 0.6 is 0 Å². The third-order valence-corrected chi connectivity index (χ3v) is 3.92. The van der Waals surface area contributed by atoms with E-state index in [1.807, 2.05) is 0 Å². The van der Waals surface area contributed by atoms with Crippen LogP contribution in [0.1, 0.15) is 105 Å². The molecule has 26 heavy (non-hydrogen) atoms. The monoisotopic (exact) mass is 350 g/mol. The molecule has 0 amide bonds. The van der Waals surface area contributed by atoms with Gasteiger partial charge in [0.25, 0.3) is 0 Å². The number of benzene rings is 1. The second kappa shape index (κ2) is 7.16. The minimum absolute atomic E-state index is 0.0285. The minimum Gasteiger partial charge on any atom is -0.0919 e. The molecule has 0 saturated heterocycles.